The third-order valence-corrected chi connectivity index (χ3v) is 1.97. The molecule has 1 unspecified atom stereocenters. The first-order valence-corrected chi connectivity index (χ1v) is 4.98. The molecule has 0 aromatic heterocycles. The van der Waals surface area contributed by atoms with E-state index in [1.165, 1.54) is 0 Å². The molecule has 0 aliphatic carbocycles. The van der Waals surface area contributed by atoms with Gasteiger partial charge in [-0.25, -0.2) is 0 Å². The Morgan fingerprint density at radius 2 is 2.00 bits per heavy atom. The number of carbonyl (C=O) groups is 1. The van der Waals surface area contributed by atoms with E-state index < -0.39 is 0 Å². The topological polar surface area (TPSA) is 32.3 Å². The fourth-order valence-corrected chi connectivity index (χ4v) is 1.34. The van der Waals surface area contributed by atoms with Gasteiger partial charge in [0, 0.05) is 13.0 Å². The van der Waals surface area contributed by atoms with Crippen LogP contribution >= 0.6 is 0 Å². The molecule has 1 N–H and O–H groups in total. The van der Waals surface area contributed by atoms with E-state index in [0.29, 0.717) is 6.04 Å². The second-order valence-electron chi connectivity index (χ2n) is 3.78. The van der Waals surface area contributed by atoms with Gasteiger partial charge in [0.2, 0.25) is 5.91 Å². The zero-order chi connectivity index (χ0) is 10.3. The second kappa shape index (κ2) is 6.89. The molecule has 1 atom stereocenters. The van der Waals surface area contributed by atoms with Gasteiger partial charge in [0.15, 0.2) is 0 Å². The summed E-state index contributed by atoms with van der Waals surface area (Å²) in [5, 5.41) is 2.97. The fourth-order valence-electron chi connectivity index (χ4n) is 1.34. The Labute approximate surface area is 81.5 Å². The van der Waals surface area contributed by atoms with Crippen LogP contribution in [0.3, 0.4) is 0 Å². The molecule has 0 bridgehead atoms. The van der Waals surface area contributed by atoms with Crippen LogP contribution in [0, 0.1) is 0 Å². The van der Waals surface area contributed by atoms with Gasteiger partial charge in [-0.2, -0.15) is 0 Å². The first-order valence-electron chi connectivity index (χ1n) is 4.98. The van der Waals surface area contributed by atoms with Crippen molar-refractivity contribution in [2.45, 2.75) is 39.2 Å². The summed E-state index contributed by atoms with van der Waals surface area (Å²) < 4.78 is 0. The van der Waals surface area contributed by atoms with Crippen LogP contribution in [0.2, 0.25) is 0 Å². The molecule has 13 heavy (non-hydrogen) atoms. The molecule has 3 nitrogen and oxygen atoms in total. The Balaban J connectivity index is 3.72. The zero-order valence-electron chi connectivity index (χ0n) is 9.26. The first-order chi connectivity index (χ1) is 6.06. The normalized spacial score (nSPS) is 13.0. The maximum absolute atomic E-state index is 10.8. The van der Waals surface area contributed by atoms with E-state index in [1.807, 2.05) is 0 Å². The predicted molar refractivity (Wildman–Crippen MR) is 55.7 cm³/mol. The Bertz CT molecular complexity index is 146. The van der Waals surface area contributed by atoms with E-state index in [4.69, 9.17) is 0 Å². The minimum Gasteiger partial charge on any atom is -0.354 e. The molecule has 0 aliphatic heterocycles. The van der Waals surface area contributed by atoms with Crippen molar-refractivity contribution in [3.05, 3.63) is 0 Å². The lowest BCUT2D eigenvalue weighted by atomic mass is 10.1. The quantitative estimate of drug-likeness (QED) is 0.677. The predicted octanol–water partition coefficient (Wildman–Crippen LogP) is 1.24. The van der Waals surface area contributed by atoms with Gasteiger partial charge in [-0.1, -0.05) is 13.3 Å². The highest BCUT2D eigenvalue weighted by atomic mass is 16.1. The number of rotatable bonds is 6. The molecule has 1 amide bonds. The standard InChI is InChI=1S/C10H22N2O/c1-5-6-10(11-9(2)13)7-8-12(3)4/h10H,5-8H2,1-4H3,(H,11,13). The maximum atomic E-state index is 10.8. The van der Waals surface area contributed by atoms with Crippen LogP contribution < -0.4 is 5.32 Å². The number of nitrogens with one attached hydrogen (secondary N) is 1. The Kier molecular flexibility index (Phi) is 6.59. The number of amides is 1. The van der Waals surface area contributed by atoms with Crippen LogP contribution in [-0.4, -0.2) is 37.5 Å². The molecule has 0 fully saturated rings. The number of hydrogen-bond donors (Lipinski definition) is 1. The van der Waals surface area contributed by atoms with Crippen molar-refractivity contribution >= 4 is 5.91 Å². The molecule has 0 aliphatic rings. The van der Waals surface area contributed by atoms with Crippen LogP contribution in [0.1, 0.15) is 33.1 Å². The second-order valence-corrected chi connectivity index (χ2v) is 3.78. The fraction of sp³-hybridized carbons (Fsp3) is 0.900. The van der Waals surface area contributed by atoms with E-state index in [-0.39, 0.29) is 5.91 Å². The van der Waals surface area contributed by atoms with Gasteiger partial charge in [0.25, 0.3) is 0 Å². The van der Waals surface area contributed by atoms with Crippen LogP contribution in [0.4, 0.5) is 0 Å². The summed E-state index contributed by atoms with van der Waals surface area (Å²) in [5.74, 6) is 0.0807. The summed E-state index contributed by atoms with van der Waals surface area (Å²) in [6.45, 7) is 4.76. The molecule has 0 spiro atoms. The molecule has 0 saturated heterocycles. The van der Waals surface area contributed by atoms with Gasteiger partial charge in [-0.15, -0.1) is 0 Å². The largest absolute Gasteiger partial charge is 0.354 e. The number of hydrogen-bond acceptors (Lipinski definition) is 2. The third kappa shape index (κ3) is 7.78. The van der Waals surface area contributed by atoms with E-state index in [9.17, 15) is 4.79 Å². The van der Waals surface area contributed by atoms with Crippen molar-refractivity contribution in [3.8, 4) is 0 Å². The molecule has 0 rings (SSSR count). The summed E-state index contributed by atoms with van der Waals surface area (Å²) in [7, 11) is 4.10. The van der Waals surface area contributed by atoms with E-state index in [0.717, 1.165) is 25.8 Å². The minimum atomic E-state index is 0.0807. The summed E-state index contributed by atoms with van der Waals surface area (Å²) >= 11 is 0. The number of nitrogens with zero attached hydrogens (tertiary/aromatic N) is 1. The molecule has 0 radical (unpaired) electrons. The average molecular weight is 186 g/mol. The Morgan fingerprint density at radius 1 is 1.38 bits per heavy atom. The molecule has 0 aromatic carbocycles. The minimum absolute atomic E-state index is 0.0807. The molecular weight excluding hydrogens is 164 g/mol. The summed E-state index contributed by atoms with van der Waals surface area (Å²) in [6.07, 6.45) is 3.24. The van der Waals surface area contributed by atoms with Crippen molar-refractivity contribution in [2.75, 3.05) is 20.6 Å². The van der Waals surface area contributed by atoms with Gasteiger partial charge in [-0.3, -0.25) is 4.79 Å². The highest BCUT2D eigenvalue weighted by Gasteiger charge is 2.08. The SMILES string of the molecule is CCCC(CCN(C)C)NC(C)=O. The monoisotopic (exact) mass is 186 g/mol. The lowest BCUT2D eigenvalue weighted by Crippen LogP contribution is -2.35. The average Bonchev–Trinajstić information content (AvgIpc) is 1.99. The van der Waals surface area contributed by atoms with Gasteiger partial charge in [0.05, 0.1) is 0 Å². The van der Waals surface area contributed by atoms with Gasteiger partial charge < -0.3 is 10.2 Å². The zero-order valence-corrected chi connectivity index (χ0v) is 9.26. The lowest BCUT2D eigenvalue weighted by molar-refractivity contribution is -0.119. The highest BCUT2D eigenvalue weighted by Crippen LogP contribution is 2.02. The smallest absolute Gasteiger partial charge is 0.217 e. The van der Waals surface area contributed by atoms with Crippen molar-refractivity contribution < 1.29 is 4.79 Å². The molecule has 0 saturated carbocycles. The van der Waals surface area contributed by atoms with Gasteiger partial charge >= 0.3 is 0 Å². The molecule has 0 aromatic rings. The molecular formula is C10H22N2O. The Morgan fingerprint density at radius 3 is 2.38 bits per heavy atom. The summed E-state index contributed by atoms with van der Waals surface area (Å²) in [5.41, 5.74) is 0. The number of carbonyl (C=O) groups excluding carboxylic acids is 1. The van der Waals surface area contributed by atoms with E-state index >= 15 is 0 Å². The van der Waals surface area contributed by atoms with Crippen LogP contribution in [-0.2, 0) is 4.79 Å². The van der Waals surface area contributed by atoms with Crippen LogP contribution in [0.25, 0.3) is 0 Å². The molecule has 0 heterocycles. The van der Waals surface area contributed by atoms with Gasteiger partial charge in [-0.05, 0) is 33.5 Å². The van der Waals surface area contributed by atoms with Crippen molar-refractivity contribution in [2.24, 2.45) is 0 Å². The maximum Gasteiger partial charge on any atom is 0.217 e. The van der Waals surface area contributed by atoms with Crippen molar-refractivity contribution in [1.29, 1.82) is 0 Å². The van der Waals surface area contributed by atoms with Crippen molar-refractivity contribution in [3.63, 3.8) is 0 Å². The summed E-state index contributed by atoms with van der Waals surface area (Å²) in [6, 6.07) is 0.352. The third-order valence-electron chi connectivity index (χ3n) is 1.97. The van der Waals surface area contributed by atoms with E-state index in [2.05, 4.69) is 31.2 Å². The van der Waals surface area contributed by atoms with Crippen LogP contribution in [0.5, 0.6) is 0 Å². The molecule has 78 valence electrons. The summed E-state index contributed by atoms with van der Waals surface area (Å²) in [4.78, 5) is 13.0. The first kappa shape index (κ1) is 12.4. The Hall–Kier alpha value is -0.570. The molecule has 3 heteroatoms. The van der Waals surface area contributed by atoms with Gasteiger partial charge in [0.1, 0.15) is 0 Å². The lowest BCUT2D eigenvalue weighted by Gasteiger charge is -2.19. The highest BCUT2D eigenvalue weighted by molar-refractivity contribution is 5.73. The van der Waals surface area contributed by atoms with Crippen LogP contribution in [0.15, 0.2) is 0 Å². The van der Waals surface area contributed by atoms with Crippen molar-refractivity contribution in [1.82, 2.24) is 10.2 Å². The van der Waals surface area contributed by atoms with E-state index in [1.54, 1.807) is 6.92 Å².